The van der Waals surface area contributed by atoms with Gasteiger partial charge in [0.1, 0.15) is 5.69 Å². The number of amides is 1. The summed E-state index contributed by atoms with van der Waals surface area (Å²) in [6.45, 7) is 4.08. The summed E-state index contributed by atoms with van der Waals surface area (Å²) in [6.07, 6.45) is -3.04. The number of carbonyl (C=O) groups excluding carboxylic acids is 1. The third kappa shape index (κ3) is 4.66. The molecule has 0 aliphatic rings. The second kappa shape index (κ2) is 7.65. The third-order valence-corrected chi connectivity index (χ3v) is 4.29. The van der Waals surface area contributed by atoms with Crippen molar-refractivity contribution in [3.05, 3.63) is 33.3 Å². The molecule has 2 rings (SSSR count). The molecule has 0 radical (unpaired) electrons. The standard InChI is InChI=1S/C14H16Cl2F3N5O/c1-3-23-7-9(15)10(21-23)6-20-11(25)4-5-24-8(2)12(16)13(22-24)14(17,18)19/h7H,3-6H2,1-2H3,(H,20,25). The lowest BCUT2D eigenvalue weighted by Gasteiger charge is -2.06. The Morgan fingerprint density at radius 1 is 1.32 bits per heavy atom. The molecule has 0 saturated heterocycles. The molecule has 0 aliphatic carbocycles. The van der Waals surface area contributed by atoms with Crippen LogP contribution in [0.25, 0.3) is 0 Å². The number of nitrogens with one attached hydrogen (secondary N) is 1. The summed E-state index contributed by atoms with van der Waals surface area (Å²) in [5.41, 5.74) is -0.468. The summed E-state index contributed by atoms with van der Waals surface area (Å²) in [6, 6.07) is 0. The van der Waals surface area contributed by atoms with E-state index in [-0.39, 0.29) is 31.1 Å². The molecule has 11 heteroatoms. The Balaban J connectivity index is 1.93. The summed E-state index contributed by atoms with van der Waals surface area (Å²) in [7, 11) is 0. The van der Waals surface area contributed by atoms with Crippen LogP contribution in [0.15, 0.2) is 6.20 Å². The van der Waals surface area contributed by atoms with E-state index in [9.17, 15) is 18.0 Å². The molecular weight excluding hydrogens is 382 g/mol. The molecule has 1 amide bonds. The van der Waals surface area contributed by atoms with E-state index in [0.29, 0.717) is 17.3 Å². The van der Waals surface area contributed by atoms with Crippen molar-refractivity contribution >= 4 is 29.1 Å². The van der Waals surface area contributed by atoms with Gasteiger partial charge in [-0.05, 0) is 13.8 Å². The highest BCUT2D eigenvalue weighted by molar-refractivity contribution is 6.32. The van der Waals surface area contributed by atoms with Gasteiger partial charge in [0.2, 0.25) is 5.91 Å². The molecular formula is C14H16Cl2F3N5O. The van der Waals surface area contributed by atoms with Crippen LogP contribution in [0.2, 0.25) is 10.0 Å². The Morgan fingerprint density at radius 3 is 2.52 bits per heavy atom. The van der Waals surface area contributed by atoms with Crippen LogP contribution in [0.1, 0.15) is 30.4 Å². The molecule has 0 bridgehead atoms. The topological polar surface area (TPSA) is 64.7 Å². The summed E-state index contributed by atoms with van der Waals surface area (Å²) < 4.78 is 41.0. The van der Waals surface area contributed by atoms with Crippen molar-refractivity contribution in [1.82, 2.24) is 24.9 Å². The Labute approximate surface area is 151 Å². The quantitative estimate of drug-likeness (QED) is 0.811. The Kier molecular flexibility index (Phi) is 5.99. The van der Waals surface area contributed by atoms with Crippen LogP contribution in [-0.4, -0.2) is 25.5 Å². The zero-order valence-corrected chi connectivity index (χ0v) is 15.0. The van der Waals surface area contributed by atoms with Gasteiger partial charge in [0, 0.05) is 19.2 Å². The average molecular weight is 398 g/mol. The minimum atomic E-state index is -4.63. The van der Waals surface area contributed by atoms with E-state index in [1.54, 1.807) is 10.9 Å². The van der Waals surface area contributed by atoms with Crippen molar-refractivity contribution in [2.24, 2.45) is 0 Å². The van der Waals surface area contributed by atoms with Crippen molar-refractivity contribution in [3.8, 4) is 0 Å². The maximum absolute atomic E-state index is 12.8. The number of rotatable bonds is 6. The van der Waals surface area contributed by atoms with Crippen molar-refractivity contribution in [2.45, 2.75) is 46.1 Å². The maximum Gasteiger partial charge on any atom is 0.436 e. The van der Waals surface area contributed by atoms with Crippen LogP contribution in [0.4, 0.5) is 13.2 Å². The molecule has 25 heavy (non-hydrogen) atoms. The van der Waals surface area contributed by atoms with Crippen molar-refractivity contribution in [2.75, 3.05) is 0 Å². The van der Waals surface area contributed by atoms with Gasteiger partial charge in [0.25, 0.3) is 0 Å². The highest BCUT2D eigenvalue weighted by Crippen LogP contribution is 2.35. The van der Waals surface area contributed by atoms with Crippen LogP contribution in [0.3, 0.4) is 0 Å². The lowest BCUT2D eigenvalue weighted by molar-refractivity contribution is -0.141. The lowest BCUT2D eigenvalue weighted by Crippen LogP contribution is -2.24. The van der Waals surface area contributed by atoms with Gasteiger partial charge in [0.15, 0.2) is 5.69 Å². The smallest absolute Gasteiger partial charge is 0.350 e. The second-order valence-electron chi connectivity index (χ2n) is 5.28. The van der Waals surface area contributed by atoms with Crippen molar-refractivity contribution < 1.29 is 18.0 Å². The first-order valence-electron chi connectivity index (χ1n) is 7.42. The van der Waals surface area contributed by atoms with Gasteiger partial charge in [-0.2, -0.15) is 23.4 Å². The van der Waals surface area contributed by atoms with Crippen LogP contribution in [0, 0.1) is 6.92 Å². The third-order valence-electron chi connectivity index (χ3n) is 3.52. The number of nitrogens with zero attached hydrogens (tertiary/aromatic N) is 4. The molecule has 0 aliphatic heterocycles. The molecule has 0 fully saturated rings. The largest absolute Gasteiger partial charge is 0.436 e. The molecule has 2 aromatic rings. The summed E-state index contributed by atoms with van der Waals surface area (Å²) in [5, 5.41) is 10.2. The van der Waals surface area contributed by atoms with E-state index in [1.165, 1.54) is 6.92 Å². The average Bonchev–Trinajstić information content (AvgIpc) is 3.04. The van der Waals surface area contributed by atoms with Gasteiger partial charge in [-0.15, -0.1) is 0 Å². The van der Waals surface area contributed by atoms with E-state index < -0.39 is 16.9 Å². The number of aryl methyl sites for hydroxylation is 2. The van der Waals surface area contributed by atoms with E-state index >= 15 is 0 Å². The normalized spacial score (nSPS) is 11.8. The Morgan fingerprint density at radius 2 is 2.00 bits per heavy atom. The van der Waals surface area contributed by atoms with E-state index in [4.69, 9.17) is 23.2 Å². The first-order valence-corrected chi connectivity index (χ1v) is 8.17. The van der Waals surface area contributed by atoms with E-state index in [1.807, 2.05) is 6.92 Å². The minimum Gasteiger partial charge on any atom is -0.350 e. The molecule has 0 unspecified atom stereocenters. The molecule has 0 spiro atoms. The monoisotopic (exact) mass is 397 g/mol. The first kappa shape index (κ1) is 19.6. The molecule has 0 saturated carbocycles. The molecule has 2 heterocycles. The van der Waals surface area contributed by atoms with Gasteiger partial charge < -0.3 is 5.32 Å². The molecule has 0 aromatic carbocycles. The van der Waals surface area contributed by atoms with Gasteiger partial charge >= 0.3 is 6.18 Å². The van der Waals surface area contributed by atoms with Crippen LogP contribution in [-0.2, 0) is 30.6 Å². The van der Waals surface area contributed by atoms with Gasteiger partial charge in [0.05, 0.1) is 28.8 Å². The summed E-state index contributed by atoms with van der Waals surface area (Å²) in [5.74, 6) is -0.360. The predicted octanol–water partition coefficient (Wildman–Crippen LogP) is 3.44. The van der Waals surface area contributed by atoms with Crippen LogP contribution < -0.4 is 5.32 Å². The maximum atomic E-state index is 12.8. The molecule has 1 N–H and O–H groups in total. The number of halogens is 5. The molecule has 6 nitrogen and oxygen atoms in total. The predicted molar refractivity (Wildman–Crippen MR) is 86.4 cm³/mol. The number of hydrogen-bond acceptors (Lipinski definition) is 3. The van der Waals surface area contributed by atoms with Crippen LogP contribution in [0.5, 0.6) is 0 Å². The highest BCUT2D eigenvalue weighted by atomic mass is 35.5. The fourth-order valence-electron chi connectivity index (χ4n) is 2.12. The molecule has 2 aromatic heterocycles. The fraction of sp³-hybridized carbons (Fsp3) is 0.500. The molecule has 138 valence electrons. The van der Waals surface area contributed by atoms with Crippen molar-refractivity contribution in [3.63, 3.8) is 0 Å². The first-order chi connectivity index (χ1) is 11.6. The zero-order valence-electron chi connectivity index (χ0n) is 13.5. The lowest BCUT2D eigenvalue weighted by atomic mass is 10.3. The number of alkyl halides is 3. The van der Waals surface area contributed by atoms with Crippen LogP contribution >= 0.6 is 23.2 Å². The molecule has 0 atom stereocenters. The summed E-state index contributed by atoms with van der Waals surface area (Å²) >= 11 is 11.7. The van der Waals surface area contributed by atoms with Gasteiger partial charge in [-0.3, -0.25) is 14.2 Å². The SMILES string of the molecule is CCn1cc(Cl)c(CNC(=O)CCn2nc(C(F)(F)F)c(Cl)c2C)n1. The summed E-state index contributed by atoms with van der Waals surface area (Å²) in [4.78, 5) is 11.9. The Hall–Kier alpha value is -1.74. The number of carbonyl (C=O) groups is 1. The van der Waals surface area contributed by atoms with Gasteiger partial charge in [-0.25, -0.2) is 0 Å². The van der Waals surface area contributed by atoms with Gasteiger partial charge in [-0.1, -0.05) is 23.2 Å². The van der Waals surface area contributed by atoms with E-state index in [0.717, 1.165) is 4.68 Å². The zero-order chi connectivity index (χ0) is 18.8. The number of aromatic nitrogens is 4. The Bertz CT molecular complexity index is 769. The second-order valence-corrected chi connectivity index (χ2v) is 6.06. The van der Waals surface area contributed by atoms with Crippen molar-refractivity contribution in [1.29, 1.82) is 0 Å². The van der Waals surface area contributed by atoms with E-state index in [2.05, 4.69) is 15.5 Å². The minimum absolute atomic E-state index is 0.0232. The number of hydrogen-bond donors (Lipinski definition) is 1. The highest BCUT2D eigenvalue weighted by Gasteiger charge is 2.38. The fourth-order valence-corrected chi connectivity index (χ4v) is 2.58.